The topological polar surface area (TPSA) is 40.7 Å². The van der Waals surface area contributed by atoms with Gasteiger partial charge in [-0.25, -0.2) is 4.98 Å². The summed E-state index contributed by atoms with van der Waals surface area (Å²) in [6, 6.07) is 5.77. The fourth-order valence-corrected chi connectivity index (χ4v) is 2.47. The van der Waals surface area contributed by atoms with Crippen molar-refractivity contribution in [1.29, 1.82) is 0 Å². The largest absolute Gasteiger partial charge is 0.342 e. The van der Waals surface area contributed by atoms with E-state index in [1.54, 1.807) is 0 Å². The van der Waals surface area contributed by atoms with Gasteiger partial charge in [-0.05, 0) is 43.6 Å². The van der Waals surface area contributed by atoms with E-state index in [-0.39, 0.29) is 0 Å². The predicted octanol–water partition coefficient (Wildman–Crippen LogP) is 2.37. The lowest BCUT2D eigenvalue weighted by atomic mass is 10.1. The molecular weight excluding hydrogens is 222 g/mol. The van der Waals surface area contributed by atoms with E-state index in [4.69, 9.17) is 11.6 Å². The molecule has 4 heteroatoms. The second-order valence-corrected chi connectivity index (χ2v) is 4.84. The molecule has 0 aliphatic carbocycles. The Kier molecular flexibility index (Phi) is 2.58. The minimum atomic E-state index is 0.719. The zero-order valence-corrected chi connectivity index (χ0v) is 9.72. The first-order chi connectivity index (χ1) is 7.81. The average molecular weight is 236 g/mol. The van der Waals surface area contributed by atoms with Crippen LogP contribution in [0.15, 0.2) is 18.2 Å². The number of nitrogens with one attached hydrogen (secondary N) is 2. The molecule has 16 heavy (non-hydrogen) atoms. The first kappa shape index (κ1) is 10.1. The number of hydrogen-bond donors (Lipinski definition) is 2. The maximum absolute atomic E-state index is 5.94. The summed E-state index contributed by atoms with van der Waals surface area (Å²) < 4.78 is 0. The number of rotatable bonds is 2. The van der Waals surface area contributed by atoms with Crippen molar-refractivity contribution in [3.8, 4) is 0 Å². The van der Waals surface area contributed by atoms with Gasteiger partial charge in [0, 0.05) is 11.4 Å². The Morgan fingerprint density at radius 1 is 1.44 bits per heavy atom. The molecule has 0 radical (unpaired) electrons. The Morgan fingerprint density at radius 2 is 2.38 bits per heavy atom. The van der Waals surface area contributed by atoms with E-state index in [2.05, 4.69) is 15.3 Å². The molecule has 2 N–H and O–H groups in total. The summed E-state index contributed by atoms with van der Waals surface area (Å²) >= 11 is 5.94. The molecule has 3 nitrogen and oxygen atoms in total. The van der Waals surface area contributed by atoms with Crippen LogP contribution >= 0.6 is 11.6 Å². The summed E-state index contributed by atoms with van der Waals surface area (Å²) in [6.07, 6.45) is 2.27. The molecule has 0 bridgehead atoms. The number of aromatic amines is 1. The molecule has 0 spiro atoms. The van der Waals surface area contributed by atoms with Gasteiger partial charge >= 0.3 is 0 Å². The Morgan fingerprint density at radius 3 is 3.19 bits per heavy atom. The Labute approximate surface area is 99.2 Å². The van der Waals surface area contributed by atoms with Crippen LogP contribution in [-0.4, -0.2) is 23.1 Å². The van der Waals surface area contributed by atoms with Crippen LogP contribution in [0.1, 0.15) is 12.2 Å². The van der Waals surface area contributed by atoms with Crippen molar-refractivity contribution in [3.05, 3.63) is 29.0 Å². The highest BCUT2D eigenvalue weighted by atomic mass is 35.5. The van der Waals surface area contributed by atoms with Crippen molar-refractivity contribution in [2.24, 2.45) is 5.92 Å². The van der Waals surface area contributed by atoms with Crippen LogP contribution in [0.2, 0.25) is 5.02 Å². The molecule has 0 saturated carbocycles. The summed E-state index contributed by atoms with van der Waals surface area (Å²) in [7, 11) is 0. The molecule has 1 saturated heterocycles. The van der Waals surface area contributed by atoms with Crippen molar-refractivity contribution in [2.45, 2.75) is 12.8 Å². The smallest absolute Gasteiger partial charge is 0.107 e. The van der Waals surface area contributed by atoms with Crippen molar-refractivity contribution >= 4 is 22.6 Å². The van der Waals surface area contributed by atoms with Crippen LogP contribution in [0.3, 0.4) is 0 Å². The fraction of sp³-hybridized carbons (Fsp3) is 0.417. The van der Waals surface area contributed by atoms with Gasteiger partial charge in [0.05, 0.1) is 11.0 Å². The summed E-state index contributed by atoms with van der Waals surface area (Å²) in [4.78, 5) is 7.92. The van der Waals surface area contributed by atoms with Crippen LogP contribution in [0.25, 0.3) is 11.0 Å². The molecule has 1 aromatic carbocycles. The summed E-state index contributed by atoms with van der Waals surface area (Å²) in [5, 5.41) is 4.13. The number of nitrogens with zero attached hydrogens (tertiary/aromatic N) is 1. The Hall–Kier alpha value is -1.06. The molecule has 2 aromatic rings. The lowest BCUT2D eigenvalue weighted by Gasteiger charge is -2.03. The first-order valence-electron chi connectivity index (χ1n) is 5.66. The monoisotopic (exact) mass is 235 g/mol. The van der Waals surface area contributed by atoms with E-state index < -0.39 is 0 Å². The van der Waals surface area contributed by atoms with Crippen LogP contribution in [0.4, 0.5) is 0 Å². The number of H-pyrrole nitrogens is 1. The molecule has 1 aliphatic rings. The summed E-state index contributed by atoms with van der Waals surface area (Å²) in [5.74, 6) is 1.79. The van der Waals surface area contributed by atoms with Crippen LogP contribution < -0.4 is 5.32 Å². The van der Waals surface area contributed by atoms with E-state index in [0.717, 1.165) is 47.3 Å². The lowest BCUT2D eigenvalue weighted by Crippen LogP contribution is -2.11. The average Bonchev–Trinajstić information content (AvgIpc) is 2.86. The highest BCUT2D eigenvalue weighted by Crippen LogP contribution is 2.19. The van der Waals surface area contributed by atoms with Crippen molar-refractivity contribution in [3.63, 3.8) is 0 Å². The maximum atomic E-state index is 5.94. The van der Waals surface area contributed by atoms with Crippen molar-refractivity contribution < 1.29 is 0 Å². The molecular formula is C12H14ClN3. The van der Waals surface area contributed by atoms with Crippen LogP contribution in [0.5, 0.6) is 0 Å². The van der Waals surface area contributed by atoms with Gasteiger partial charge in [0.2, 0.25) is 0 Å². The molecule has 84 valence electrons. The normalized spacial score (nSPS) is 20.7. The van der Waals surface area contributed by atoms with Crippen molar-refractivity contribution in [1.82, 2.24) is 15.3 Å². The lowest BCUT2D eigenvalue weighted by molar-refractivity contribution is 0.565. The van der Waals surface area contributed by atoms with Gasteiger partial charge in [0.15, 0.2) is 0 Å². The molecule has 3 rings (SSSR count). The van der Waals surface area contributed by atoms with Gasteiger partial charge in [0.1, 0.15) is 5.82 Å². The second kappa shape index (κ2) is 4.07. The number of halogens is 1. The van der Waals surface area contributed by atoms with Gasteiger partial charge in [-0.3, -0.25) is 0 Å². The standard InChI is InChI=1S/C12H14ClN3/c13-9-1-2-10-11(6-9)16-12(15-10)5-8-3-4-14-7-8/h1-2,6,8,14H,3-5,7H2,(H,15,16). The minimum Gasteiger partial charge on any atom is -0.342 e. The SMILES string of the molecule is Clc1ccc2nc(CC3CCNC3)[nH]c2c1. The Bertz CT molecular complexity index is 500. The number of aromatic nitrogens is 2. The highest BCUT2D eigenvalue weighted by Gasteiger charge is 2.16. The van der Waals surface area contributed by atoms with E-state index in [1.165, 1.54) is 6.42 Å². The zero-order valence-electron chi connectivity index (χ0n) is 8.96. The first-order valence-corrected chi connectivity index (χ1v) is 6.04. The van der Waals surface area contributed by atoms with Gasteiger partial charge in [-0.2, -0.15) is 0 Å². The van der Waals surface area contributed by atoms with E-state index in [0.29, 0.717) is 0 Å². The number of fused-ring (bicyclic) bond motifs is 1. The molecule has 1 aromatic heterocycles. The number of imidazole rings is 1. The van der Waals surface area contributed by atoms with Gasteiger partial charge in [0.25, 0.3) is 0 Å². The van der Waals surface area contributed by atoms with Gasteiger partial charge in [-0.15, -0.1) is 0 Å². The maximum Gasteiger partial charge on any atom is 0.107 e. The fourth-order valence-electron chi connectivity index (χ4n) is 2.29. The zero-order chi connectivity index (χ0) is 11.0. The van der Waals surface area contributed by atoms with E-state index >= 15 is 0 Å². The third-order valence-corrected chi connectivity index (χ3v) is 3.37. The highest BCUT2D eigenvalue weighted by molar-refractivity contribution is 6.31. The van der Waals surface area contributed by atoms with E-state index in [1.807, 2.05) is 18.2 Å². The van der Waals surface area contributed by atoms with Crippen molar-refractivity contribution in [2.75, 3.05) is 13.1 Å². The molecule has 2 heterocycles. The molecule has 1 aliphatic heterocycles. The quantitative estimate of drug-likeness (QED) is 0.839. The van der Waals surface area contributed by atoms with Crippen LogP contribution in [-0.2, 0) is 6.42 Å². The second-order valence-electron chi connectivity index (χ2n) is 4.41. The minimum absolute atomic E-state index is 0.719. The van der Waals surface area contributed by atoms with E-state index in [9.17, 15) is 0 Å². The van der Waals surface area contributed by atoms with Gasteiger partial charge < -0.3 is 10.3 Å². The number of hydrogen-bond acceptors (Lipinski definition) is 2. The third kappa shape index (κ3) is 1.93. The molecule has 1 unspecified atom stereocenters. The molecule has 1 fully saturated rings. The Balaban J connectivity index is 1.86. The molecule has 1 atom stereocenters. The number of benzene rings is 1. The van der Waals surface area contributed by atoms with Gasteiger partial charge in [-0.1, -0.05) is 11.6 Å². The predicted molar refractivity (Wildman–Crippen MR) is 65.8 cm³/mol. The summed E-state index contributed by atoms with van der Waals surface area (Å²) in [5.41, 5.74) is 2.04. The van der Waals surface area contributed by atoms with Crippen LogP contribution in [0, 0.1) is 5.92 Å². The third-order valence-electron chi connectivity index (χ3n) is 3.14. The molecule has 0 amide bonds. The summed E-state index contributed by atoms with van der Waals surface area (Å²) in [6.45, 7) is 2.24.